The molecule has 33 heavy (non-hydrogen) atoms. The lowest BCUT2D eigenvalue weighted by Gasteiger charge is -2.26. The molecule has 2 heterocycles. The van der Waals surface area contributed by atoms with E-state index in [0.717, 1.165) is 49.5 Å². The number of carbonyl (C=O) groups is 1. The number of alkyl carbamates (subject to hydrolysis) is 1. The Bertz CT molecular complexity index is 1030. The van der Waals surface area contributed by atoms with Gasteiger partial charge in [0.2, 0.25) is 0 Å². The number of nitrogens with one attached hydrogen (secondary N) is 1. The first kappa shape index (κ1) is 23.9. The summed E-state index contributed by atoms with van der Waals surface area (Å²) < 4.78 is 16.3. The fourth-order valence-corrected chi connectivity index (χ4v) is 5.29. The van der Waals surface area contributed by atoms with Crippen LogP contribution in [-0.2, 0) is 22.6 Å². The van der Waals surface area contributed by atoms with Gasteiger partial charge in [-0.3, -0.25) is 4.90 Å². The summed E-state index contributed by atoms with van der Waals surface area (Å²) in [7, 11) is 3.01. The van der Waals surface area contributed by atoms with Crippen molar-refractivity contribution in [3.8, 4) is 0 Å². The molecule has 0 radical (unpaired) electrons. The van der Waals surface area contributed by atoms with Gasteiger partial charge in [0.05, 0.1) is 18.0 Å². The Kier molecular flexibility index (Phi) is 8.19. The molecule has 0 unspecified atom stereocenters. The number of benzene rings is 2. The number of amides is 1. The van der Waals surface area contributed by atoms with Gasteiger partial charge in [-0.25, -0.2) is 9.78 Å². The molecule has 1 saturated heterocycles. The highest BCUT2D eigenvalue weighted by atomic mass is 33.1. The van der Waals surface area contributed by atoms with E-state index in [2.05, 4.69) is 27.3 Å². The van der Waals surface area contributed by atoms with Crippen LogP contribution in [-0.4, -0.2) is 53.6 Å². The Labute approximate surface area is 202 Å². The number of aromatic nitrogens is 1. The van der Waals surface area contributed by atoms with Crippen molar-refractivity contribution in [3.05, 3.63) is 59.7 Å². The Morgan fingerprint density at radius 1 is 1.15 bits per heavy atom. The van der Waals surface area contributed by atoms with Crippen molar-refractivity contribution in [1.29, 1.82) is 0 Å². The number of para-hydroxylation sites is 2. The normalized spacial score (nSPS) is 15.0. The Morgan fingerprint density at radius 2 is 1.94 bits per heavy atom. The van der Waals surface area contributed by atoms with E-state index in [0.29, 0.717) is 11.8 Å². The van der Waals surface area contributed by atoms with Gasteiger partial charge in [0, 0.05) is 37.0 Å². The summed E-state index contributed by atoms with van der Waals surface area (Å²) >= 11 is 0. The van der Waals surface area contributed by atoms with Crippen LogP contribution in [0, 0.1) is 0 Å². The van der Waals surface area contributed by atoms with Crippen LogP contribution in [0.5, 0.6) is 0 Å². The molecule has 0 atom stereocenters. The number of oxazole rings is 1. The Balaban J connectivity index is 1.19. The predicted molar refractivity (Wildman–Crippen MR) is 132 cm³/mol. The molecule has 1 aliphatic heterocycles. The SMILES string of the molecule is CC(C)(COC(=O)NCc1cccc(CN2CCOCC2)c1)SSc1nc2ccccc2o1. The Morgan fingerprint density at radius 3 is 2.76 bits per heavy atom. The summed E-state index contributed by atoms with van der Waals surface area (Å²) in [6.07, 6.45) is -0.422. The maximum absolute atomic E-state index is 12.3. The molecule has 0 spiro atoms. The van der Waals surface area contributed by atoms with Crippen LogP contribution in [0.3, 0.4) is 0 Å². The molecule has 176 valence electrons. The summed E-state index contributed by atoms with van der Waals surface area (Å²) in [6.45, 7) is 9.12. The lowest BCUT2D eigenvalue weighted by atomic mass is 10.1. The van der Waals surface area contributed by atoms with Crippen LogP contribution in [0.15, 0.2) is 58.2 Å². The number of carbonyl (C=O) groups excluding carboxylic acids is 1. The molecule has 7 nitrogen and oxygen atoms in total. The molecular weight excluding hydrogens is 458 g/mol. The highest BCUT2D eigenvalue weighted by Crippen LogP contribution is 2.41. The molecule has 1 N–H and O–H groups in total. The highest BCUT2D eigenvalue weighted by molar-refractivity contribution is 8.77. The van der Waals surface area contributed by atoms with Gasteiger partial charge in [-0.1, -0.05) is 47.2 Å². The third-order valence-corrected chi connectivity index (χ3v) is 8.10. The second-order valence-corrected chi connectivity index (χ2v) is 11.3. The molecule has 0 saturated carbocycles. The number of hydrogen-bond acceptors (Lipinski definition) is 8. The van der Waals surface area contributed by atoms with E-state index < -0.39 is 6.09 Å². The summed E-state index contributed by atoms with van der Waals surface area (Å²) in [6, 6.07) is 16.0. The second-order valence-electron chi connectivity index (χ2n) is 8.51. The quantitative estimate of drug-likeness (QED) is 0.418. The van der Waals surface area contributed by atoms with Gasteiger partial charge in [-0.2, -0.15) is 0 Å². The molecule has 4 rings (SSSR count). The van der Waals surface area contributed by atoms with E-state index in [4.69, 9.17) is 13.9 Å². The van der Waals surface area contributed by atoms with E-state index in [-0.39, 0.29) is 11.4 Å². The van der Waals surface area contributed by atoms with Crippen LogP contribution in [0.1, 0.15) is 25.0 Å². The number of hydrogen-bond donors (Lipinski definition) is 1. The maximum atomic E-state index is 12.3. The average Bonchev–Trinajstić information content (AvgIpc) is 3.25. The van der Waals surface area contributed by atoms with E-state index in [1.165, 1.54) is 16.4 Å². The fraction of sp³-hybridized carbons (Fsp3) is 0.417. The van der Waals surface area contributed by atoms with E-state index in [1.54, 1.807) is 10.8 Å². The molecule has 1 fully saturated rings. The highest BCUT2D eigenvalue weighted by Gasteiger charge is 2.23. The van der Waals surface area contributed by atoms with Crippen molar-refractivity contribution >= 4 is 38.8 Å². The van der Waals surface area contributed by atoms with Gasteiger partial charge in [0.25, 0.3) is 5.22 Å². The maximum Gasteiger partial charge on any atom is 0.407 e. The second kappa shape index (κ2) is 11.3. The Hall–Kier alpha value is -2.20. The zero-order valence-electron chi connectivity index (χ0n) is 18.9. The minimum Gasteiger partial charge on any atom is -0.448 e. The first-order valence-electron chi connectivity index (χ1n) is 11.0. The van der Waals surface area contributed by atoms with Gasteiger partial charge in [-0.15, -0.1) is 0 Å². The monoisotopic (exact) mass is 487 g/mol. The largest absolute Gasteiger partial charge is 0.448 e. The molecule has 1 aromatic heterocycles. The van der Waals surface area contributed by atoms with Gasteiger partial charge in [0.1, 0.15) is 12.1 Å². The molecule has 0 bridgehead atoms. The van der Waals surface area contributed by atoms with Crippen LogP contribution >= 0.6 is 21.6 Å². The number of nitrogens with zero attached hydrogens (tertiary/aromatic N) is 2. The molecule has 9 heteroatoms. The van der Waals surface area contributed by atoms with Crippen molar-refractivity contribution in [2.75, 3.05) is 32.9 Å². The smallest absolute Gasteiger partial charge is 0.407 e. The van der Waals surface area contributed by atoms with Crippen molar-refractivity contribution in [3.63, 3.8) is 0 Å². The van der Waals surface area contributed by atoms with Gasteiger partial charge < -0.3 is 19.2 Å². The fourth-order valence-electron chi connectivity index (χ4n) is 3.38. The lowest BCUT2D eigenvalue weighted by Crippen LogP contribution is -2.35. The third kappa shape index (κ3) is 7.40. The predicted octanol–water partition coefficient (Wildman–Crippen LogP) is 5.11. The first-order valence-corrected chi connectivity index (χ1v) is 13.1. The molecule has 3 aromatic rings. The van der Waals surface area contributed by atoms with Crippen LogP contribution < -0.4 is 5.32 Å². The standard InChI is InChI=1S/C24H29N3O4S2/c1-24(2,33-32-23-26-20-8-3-4-9-21(20)31-23)17-30-22(28)25-15-18-6-5-7-19(14-18)16-27-10-12-29-13-11-27/h3-9,14H,10-13,15-17H2,1-2H3,(H,25,28). The lowest BCUT2D eigenvalue weighted by molar-refractivity contribution is 0.0342. The van der Waals surface area contributed by atoms with Crippen LogP contribution in [0.2, 0.25) is 0 Å². The van der Waals surface area contributed by atoms with Crippen LogP contribution in [0.4, 0.5) is 4.79 Å². The zero-order valence-corrected chi connectivity index (χ0v) is 20.5. The number of fused-ring (bicyclic) bond motifs is 1. The van der Waals surface area contributed by atoms with E-state index in [1.807, 2.05) is 50.2 Å². The topological polar surface area (TPSA) is 76.8 Å². The van der Waals surface area contributed by atoms with Gasteiger partial charge in [-0.05, 0) is 37.1 Å². The number of morpholine rings is 1. The summed E-state index contributed by atoms with van der Waals surface area (Å²) in [5, 5.41) is 3.45. The van der Waals surface area contributed by atoms with Gasteiger partial charge >= 0.3 is 6.09 Å². The third-order valence-electron chi connectivity index (χ3n) is 5.10. The van der Waals surface area contributed by atoms with E-state index in [9.17, 15) is 4.79 Å². The van der Waals surface area contributed by atoms with Crippen molar-refractivity contribution in [2.24, 2.45) is 0 Å². The minimum atomic E-state index is -0.422. The van der Waals surface area contributed by atoms with Crippen LogP contribution in [0.25, 0.3) is 11.1 Å². The molecule has 1 aliphatic rings. The minimum absolute atomic E-state index is 0.272. The van der Waals surface area contributed by atoms with Crippen molar-refractivity contribution < 1.29 is 18.7 Å². The summed E-state index contributed by atoms with van der Waals surface area (Å²) in [5.74, 6) is 0. The number of rotatable bonds is 9. The molecule has 1 amide bonds. The van der Waals surface area contributed by atoms with Crippen molar-refractivity contribution in [1.82, 2.24) is 15.2 Å². The molecule has 2 aromatic carbocycles. The molecule has 0 aliphatic carbocycles. The van der Waals surface area contributed by atoms with Gasteiger partial charge in [0.15, 0.2) is 5.58 Å². The number of ether oxygens (including phenoxy) is 2. The summed E-state index contributed by atoms with van der Waals surface area (Å²) in [4.78, 5) is 19.1. The summed E-state index contributed by atoms with van der Waals surface area (Å²) in [5.41, 5.74) is 3.89. The average molecular weight is 488 g/mol. The zero-order chi connectivity index (χ0) is 23.1. The molecular formula is C24H29N3O4S2. The van der Waals surface area contributed by atoms with E-state index >= 15 is 0 Å². The van der Waals surface area contributed by atoms with Crippen molar-refractivity contribution in [2.45, 2.75) is 36.9 Å². The first-order chi connectivity index (χ1) is 16.0.